The van der Waals surface area contributed by atoms with Crippen LogP contribution in [0.15, 0.2) is 39.7 Å². The largest absolute Gasteiger partial charge is 0.347 e. The van der Waals surface area contributed by atoms with Crippen molar-refractivity contribution in [1.82, 2.24) is 15.2 Å². The van der Waals surface area contributed by atoms with Crippen molar-refractivity contribution >= 4 is 40.6 Å². The Balaban J connectivity index is 1.42. The van der Waals surface area contributed by atoms with Crippen molar-refractivity contribution in [3.05, 3.63) is 40.5 Å². The van der Waals surface area contributed by atoms with Crippen LogP contribution in [0.5, 0.6) is 0 Å². The number of hydrogen-bond acceptors (Lipinski definition) is 5. The minimum absolute atomic E-state index is 0.0478. The lowest BCUT2D eigenvalue weighted by atomic mass is 9.79. The molecule has 25 heavy (non-hydrogen) atoms. The van der Waals surface area contributed by atoms with E-state index in [1.165, 1.54) is 37.3 Å². The Bertz CT molecular complexity index is 771. The molecule has 132 valence electrons. The van der Waals surface area contributed by atoms with Crippen LogP contribution in [0.1, 0.15) is 29.4 Å². The van der Waals surface area contributed by atoms with Gasteiger partial charge in [0.25, 0.3) is 5.91 Å². The Hall–Kier alpha value is -1.08. The van der Waals surface area contributed by atoms with Crippen molar-refractivity contribution in [2.45, 2.75) is 41.0 Å². The van der Waals surface area contributed by atoms with Gasteiger partial charge in [0.1, 0.15) is 0 Å². The summed E-state index contributed by atoms with van der Waals surface area (Å²) in [5, 5.41) is 3.91. The predicted molar refractivity (Wildman–Crippen MR) is 103 cm³/mol. The van der Waals surface area contributed by atoms with Crippen LogP contribution in [-0.2, 0) is 0 Å². The van der Waals surface area contributed by atoms with Crippen molar-refractivity contribution in [2.75, 3.05) is 13.1 Å². The molecule has 3 saturated heterocycles. The lowest BCUT2D eigenvalue weighted by molar-refractivity contribution is 0.0218. The third kappa shape index (κ3) is 3.72. The zero-order chi connectivity index (χ0) is 17.4. The highest BCUT2D eigenvalue weighted by molar-refractivity contribution is 8.01. The highest BCUT2D eigenvalue weighted by Gasteiger charge is 2.40. The molecule has 2 aromatic rings. The van der Waals surface area contributed by atoms with Crippen LogP contribution in [0.2, 0.25) is 5.02 Å². The first-order valence-corrected chi connectivity index (χ1v) is 10.5. The number of halogens is 1. The molecule has 0 saturated carbocycles. The zero-order valence-electron chi connectivity index (χ0n) is 13.9. The van der Waals surface area contributed by atoms with Gasteiger partial charge >= 0.3 is 0 Å². The molecule has 7 heteroatoms. The summed E-state index contributed by atoms with van der Waals surface area (Å²) in [6.45, 7) is 4.58. The molecular weight excluding hydrogens is 374 g/mol. The number of rotatable bonds is 4. The Morgan fingerprint density at radius 1 is 1.36 bits per heavy atom. The van der Waals surface area contributed by atoms with Gasteiger partial charge in [-0.3, -0.25) is 14.7 Å². The first-order valence-electron chi connectivity index (χ1n) is 8.53. The SMILES string of the molecule is CC1C(NC(=O)c2ccc(Sc3cncc(Cl)c3)s2)C2CCN1CC2. The molecule has 0 spiro atoms. The molecule has 3 fully saturated rings. The Morgan fingerprint density at radius 2 is 2.16 bits per heavy atom. The highest BCUT2D eigenvalue weighted by Crippen LogP contribution is 2.35. The summed E-state index contributed by atoms with van der Waals surface area (Å²) in [6.07, 6.45) is 5.80. The molecule has 1 N–H and O–H groups in total. The number of aromatic nitrogens is 1. The molecule has 2 unspecified atom stereocenters. The monoisotopic (exact) mass is 393 g/mol. The average Bonchev–Trinajstić information content (AvgIpc) is 3.07. The number of hydrogen-bond donors (Lipinski definition) is 1. The summed E-state index contributed by atoms with van der Waals surface area (Å²) < 4.78 is 1.07. The summed E-state index contributed by atoms with van der Waals surface area (Å²) in [5.74, 6) is 0.668. The molecule has 5 rings (SSSR count). The Morgan fingerprint density at radius 3 is 2.88 bits per heavy atom. The fraction of sp³-hybridized carbons (Fsp3) is 0.444. The van der Waals surface area contributed by atoms with Gasteiger partial charge in [0.05, 0.1) is 14.1 Å². The van der Waals surface area contributed by atoms with Gasteiger partial charge in [0, 0.05) is 29.4 Å². The van der Waals surface area contributed by atoms with Crippen molar-refractivity contribution in [1.29, 1.82) is 0 Å². The quantitative estimate of drug-likeness (QED) is 0.847. The maximum atomic E-state index is 12.7. The van der Waals surface area contributed by atoms with Gasteiger partial charge in [-0.05, 0) is 57.0 Å². The van der Waals surface area contributed by atoms with E-state index in [4.69, 9.17) is 11.6 Å². The highest BCUT2D eigenvalue weighted by atomic mass is 35.5. The third-order valence-corrected chi connectivity index (χ3v) is 7.56. The van der Waals surface area contributed by atoms with Crippen molar-refractivity contribution in [3.8, 4) is 0 Å². The number of carbonyl (C=O) groups excluding carboxylic acids is 1. The Kier molecular flexibility index (Phi) is 5.04. The number of carbonyl (C=O) groups is 1. The topological polar surface area (TPSA) is 45.2 Å². The summed E-state index contributed by atoms with van der Waals surface area (Å²) in [6, 6.07) is 6.48. The van der Waals surface area contributed by atoms with Gasteiger partial charge in [-0.15, -0.1) is 11.3 Å². The lowest BCUT2D eigenvalue weighted by Gasteiger charge is -2.49. The van der Waals surface area contributed by atoms with Crippen LogP contribution < -0.4 is 5.32 Å². The molecule has 0 radical (unpaired) electrons. The Labute approximate surface area is 161 Å². The minimum atomic E-state index is 0.0478. The van der Waals surface area contributed by atoms with E-state index in [9.17, 15) is 4.79 Å². The van der Waals surface area contributed by atoms with E-state index in [2.05, 4.69) is 22.1 Å². The van der Waals surface area contributed by atoms with Gasteiger partial charge in [-0.1, -0.05) is 23.4 Å². The van der Waals surface area contributed by atoms with E-state index in [-0.39, 0.29) is 11.9 Å². The molecule has 4 nitrogen and oxygen atoms in total. The van der Waals surface area contributed by atoms with Crippen LogP contribution in [0.25, 0.3) is 0 Å². The maximum absolute atomic E-state index is 12.7. The van der Waals surface area contributed by atoms with Gasteiger partial charge in [0.15, 0.2) is 0 Å². The van der Waals surface area contributed by atoms with Crippen molar-refractivity contribution in [3.63, 3.8) is 0 Å². The molecule has 0 aliphatic carbocycles. The van der Waals surface area contributed by atoms with E-state index in [1.807, 2.05) is 18.2 Å². The van der Waals surface area contributed by atoms with Crippen molar-refractivity contribution in [2.24, 2.45) is 5.92 Å². The summed E-state index contributed by atoms with van der Waals surface area (Å²) in [5.41, 5.74) is 0. The fourth-order valence-corrected chi connectivity index (χ4v) is 6.10. The number of pyridine rings is 1. The predicted octanol–water partition coefficient (Wildman–Crippen LogP) is 4.16. The smallest absolute Gasteiger partial charge is 0.261 e. The average molecular weight is 394 g/mol. The lowest BCUT2D eigenvalue weighted by Crippen LogP contribution is -2.62. The number of nitrogens with one attached hydrogen (secondary N) is 1. The molecule has 2 atom stereocenters. The van der Waals surface area contributed by atoms with E-state index >= 15 is 0 Å². The molecule has 2 aromatic heterocycles. The molecule has 3 aliphatic heterocycles. The molecule has 5 heterocycles. The maximum Gasteiger partial charge on any atom is 0.261 e. The number of fused-ring (bicyclic) bond motifs is 3. The van der Waals surface area contributed by atoms with E-state index in [1.54, 1.807) is 24.2 Å². The normalized spacial score (nSPS) is 28.1. The second-order valence-corrected chi connectivity index (χ2v) is 9.57. The molecule has 0 aromatic carbocycles. The second kappa shape index (κ2) is 7.27. The summed E-state index contributed by atoms with van der Waals surface area (Å²) >= 11 is 9.08. The van der Waals surface area contributed by atoms with Gasteiger partial charge in [0.2, 0.25) is 0 Å². The third-order valence-electron chi connectivity index (χ3n) is 5.18. The van der Waals surface area contributed by atoms with Crippen molar-refractivity contribution < 1.29 is 4.79 Å². The molecule has 2 bridgehead atoms. The summed E-state index contributed by atoms with van der Waals surface area (Å²) in [4.78, 5) is 21.0. The second-order valence-electron chi connectivity index (χ2n) is 6.67. The first kappa shape index (κ1) is 17.3. The fourth-order valence-electron chi connectivity index (χ4n) is 3.83. The van der Waals surface area contributed by atoms with Crippen LogP contribution >= 0.6 is 34.7 Å². The van der Waals surface area contributed by atoms with E-state index in [0.717, 1.165) is 14.0 Å². The van der Waals surface area contributed by atoms with Gasteiger partial charge in [-0.25, -0.2) is 0 Å². The zero-order valence-corrected chi connectivity index (χ0v) is 16.3. The van der Waals surface area contributed by atoms with Gasteiger partial charge < -0.3 is 5.32 Å². The van der Waals surface area contributed by atoms with Gasteiger partial charge in [-0.2, -0.15) is 0 Å². The number of thiophene rings is 1. The standard InChI is InChI=1S/C18H20ClN3OS2/c1-11-17(12-4-6-22(11)7-5-12)21-18(23)15-2-3-16(25-15)24-14-8-13(19)9-20-10-14/h2-3,8-12,17H,4-7H2,1H3,(H,21,23). The number of nitrogens with zero attached hydrogens (tertiary/aromatic N) is 2. The first-order chi connectivity index (χ1) is 12.1. The van der Waals surface area contributed by atoms with Crippen LogP contribution in [0.4, 0.5) is 0 Å². The minimum Gasteiger partial charge on any atom is -0.347 e. The van der Waals surface area contributed by atoms with Crippen LogP contribution in [0.3, 0.4) is 0 Å². The number of piperidine rings is 3. The number of amides is 1. The molecule has 1 amide bonds. The molecule has 3 aliphatic rings. The van der Waals surface area contributed by atoms with E-state index < -0.39 is 0 Å². The van der Waals surface area contributed by atoms with E-state index in [0.29, 0.717) is 17.0 Å². The van der Waals surface area contributed by atoms with Crippen LogP contribution in [-0.4, -0.2) is 41.0 Å². The van der Waals surface area contributed by atoms with Crippen LogP contribution in [0, 0.1) is 5.92 Å². The summed E-state index contributed by atoms with van der Waals surface area (Å²) in [7, 11) is 0. The molecular formula is C18H20ClN3OS2.